The molecule has 180 valence electrons. The first-order chi connectivity index (χ1) is 16.3. The van der Waals surface area contributed by atoms with Gasteiger partial charge in [0.05, 0.1) is 36.7 Å². The van der Waals surface area contributed by atoms with E-state index in [-0.39, 0.29) is 23.8 Å². The highest BCUT2D eigenvalue weighted by atomic mass is 19.4. The van der Waals surface area contributed by atoms with E-state index in [0.717, 1.165) is 25.2 Å². The molecular weight excluding hydrogens is 451 g/mol. The number of nitrogens with one attached hydrogen (secondary N) is 1. The normalized spacial score (nSPS) is 18.6. The Morgan fingerprint density at radius 3 is 2.56 bits per heavy atom. The molecule has 2 unspecified atom stereocenters. The average molecular weight is 475 g/mol. The summed E-state index contributed by atoms with van der Waals surface area (Å²) in [5.41, 5.74) is -0.00704. The second-order valence-corrected chi connectivity index (χ2v) is 8.06. The van der Waals surface area contributed by atoms with E-state index in [4.69, 9.17) is 4.74 Å². The molecule has 1 aliphatic rings. The Morgan fingerprint density at radius 2 is 1.91 bits per heavy atom. The number of hydrogen-bond acceptors (Lipinski definition) is 7. The van der Waals surface area contributed by atoms with Crippen molar-refractivity contribution in [3.05, 3.63) is 54.1 Å². The lowest BCUT2D eigenvalue weighted by Gasteiger charge is -2.40. The van der Waals surface area contributed by atoms with Gasteiger partial charge in [-0.1, -0.05) is 6.92 Å². The van der Waals surface area contributed by atoms with Crippen LogP contribution in [0.5, 0.6) is 5.75 Å². The van der Waals surface area contributed by atoms with Crippen LogP contribution in [-0.4, -0.2) is 62.0 Å². The maximum absolute atomic E-state index is 13.7. The molecule has 1 aromatic carbocycles. The van der Waals surface area contributed by atoms with E-state index in [0.29, 0.717) is 30.1 Å². The van der Waals surface area contributed by atoms with Crippen molar-refractivity contribution in [2.24, 2.45) is 5.92 Å². The van der Waals surface area contributed by atoms with Gasteiger partial charge < -0.3 is 15.0 Å². The zero-order chi connectivity index (χ0) is 24.3. The summed E-state index contributed by atoms with van der Waals surface area (Å²) in [4.78, 5) is 24.4. The maximum atomic E-state index is 13.7. The lowest BCUT2D eigenvalue weighted by Crippen LogP contribution is -2.51. The molecule has 3 heterocycles. The Hall–Kier alpha value is -3.70. The number of carbonyl (C=O) groups excluding carboxylic acids is 1. The first-order valence-electron chi connectivity index (χ1n) is 10.8. The summed E-state index contributed by atoms with van der Waals surface area (Å²) in [5.74, 6) is 0.600. The highest BCUT2D eigenvalue weighted by Crippen LogP contribution is 2.30. The average Bonchev–Trinajstić information content (AvgIpc) is 3.37. The van der Waals surface area contributed by atoms with Crippen LogP contribution < -0.4 is 10.1 Å². The Morgan fingerprint density at radius 1 is 1.21 bits per heavy atom. The Balaban J connectivity index is 1.56. The molecule has 0 radical (unpaired) electrons. The van der Waals surface area contributed by atoms with Crippen LogP contribution in [0.15, 0.2) is 43.0 Å². The van der Waals surface area contributed by atoms with Crippen molar-refractivity contribution < 1.29 is 22.7 Å². The summed E-state index contributed by atoms with van der Waals surface area (Å²) in [6.07, 6.45) is 1.78. The number of carbonyl (C=O) groups is 1. The van der Waals surface area contributed by atoms with Crippen LogP contribution in [0, 0.1) is 5.92 Å². The molecule has 12 heteroatoms. The van der Waals surface area contributed by atoms with Crippen molar-refractivity contribution in [3.8, 4) is 11.4 Å². The van der Waals surface area contributed by atoms with Crippen LogP contribution in [0.1, 0.15) is 35.7 Å². The van der Waals surface area contributed by atoms with Crippen LogP contribution in [0.25, 0.3) is 5.69 Å². The lowest BCUT2D eigenvalue weighted by molar-refractivity contribution is -0.138. The summed E-state index contributed by atoms with van der Waals surface area (Å²) in [7, 11) is 1.54. The van der Waals surface area contributed by atoms with Gasteiger partial charge in [0.25, 0.3) is 5.91 Å². The molecule has 2 aromatic heterocycles. The van der Waals surface area contributed by atoms with Gasteiger partial charge in [-0.15, -0.1) is 0 Å². The number of likely N-dealkylation sites (tertiary alicyclic amines) is 1. The number of nitrogens with zero attached hydrogens (tertiary/aromatic N) is 6. The highest BCUT2D eigenvalue weighted by Gasteiger charge is 2.34. The summed E-state index contributed by atoms with van der Waals surface area (Å²) in [6.45, 7) is 2.88. The van der Waals surface area contributed by atoms with Crippen molar-refractivity contribution in [2.45, 2.75) is 32.0 Å². The minimum atomic E-state index is -4.50. The van der Waals surface area contributed by atoms with Gasteiger partial charge >= 0.3 is 6.18 Å². The number of benzene rings is 1. The van der Waals surface area contributed by atoms with Crippen molar-refractivity contribution in [2.75, 3.05) is 25.5 Å². The van der Waals surface area contributed by atoms with E-state index >= 15 is 0 Å². The van der Waals surface area contributed by atoms with Gasteiger partial charge in [-0.2, -0.15) is 28.2 Å². The van der Waals surface area contributed by atoms with Gasteiger partial charge in [-0.05, 0) is 30.9 Å². The number of rotatable bonds is 6. The summed E-state index contributed by atoms with van der Waals surface area (Å²) >= 11 is 0. The van der Waals surface area contributed by atoms with Crippen LogP contribution in [0.3, 0.4) is 0 Å². The van der Waals surface area contributed by atoms with Gasteiger partial charge in [0, 0.05) is 31.5 Å². The molecule has 1 amide bonds. The molecule has 9 nitrogen and oxygen atoms in total. The Kier molecular flexibility index (Phi) is 6.66. The number of ether oxygens (including phenoxy) is 1. The van der Waals surface area contributed by atoms with Crippen LogP contribution in [0.4, 0.5) is 19.1 Å². The van der Waals surface area contributed by atoms with Gasteiger partial charge in [0.1, 0.15) is 11.4 Å². The number of anilines is 1. The fourth-order valence-corrected chi connectivity index (χ4v) is 4.05. The molecule has 4 rings (SSSR count). The van der Waals surface area contributed by atoms with Crippen molar-refractivity contribution in [1.82, 2.24) is 29.9 Å². The number of hydrogen-bond donors (Lipinski definition) is 1. The zero-order valence-electron chi connectivity index (χ0n) is 18.7. The second-order valence-electron chi connectivity index (χ2n) is 8.06. The number of piperidine rings is 1. The van der Waals surface area contributed by atoms with E-state index in [2.05, 4.69) is 25.5 Å². The predicted molar refractivity (Wildman–Crippen MR) is 117 cm³/mol. The third-order valence-corrected chi connectivity index (χ3v) is 5.89. The molecule has 1 aliphatic heterocycles. The predicted octanol–water partition coefficient (Wildman–Crippen LogP) is 3.44. The molecular formula is C22H24F3N7O2. The molecule has 0 bridgehead atoms. The largest absolute Gasteiger partial charge is 0.497 e. The second kappa shape index (κ2) is 9.65. The first kappa shape index (κ1) is 23.5. The number of methoxy groups -OCH3 is 1. The van der Waals surface area contributed by atoms with E-state index in [9.17, 15) is 18.0 Å². The number of aromatic nitrogens is 5. The summed E-state index contributed by atoms with van der Waals surface area (Å²) < 4.78 is 43.6. The molecule has 1 fully saturated rings. The standard InChI is InChI=1S/C22H24F3N7O2/c1-14-4-3-9-31(19(14)13-28-21-26-11-15(12-27-21)22(23,24)25)20(33)17-6-5-16(34-2)10-18(17)32-29-7-8-30-32/h5-8,10-12,14,19H,3-4,9,13H2,1-2H3,(H,26,27,28). The highest BCUT2D eigenvalue weighted by molar-refractivity contribution is 5.98. The first-order valence-corrected chi connectivity index (χ1v) is 10.8. The van der Waals surface area contributed by atoms with Crippen LogP contribution in [-0.2, 0) is 6.18 Å². The van der Waals surface area contributed by atoms with Crippen molar-refractivity contribution in [3.63, 3.8) is 0 Å². The maximum Gasteiger partial charge on any atom is 0.419 e. The van der Waals surface area contributed by atoms with E-state index < -0.39 is 11.7 Å². The molecule has 0 aliphatic carbocycles. The monoisotopic (exact) mass is 475 g/mol. The van der Waals surface area contributed by atoms with Gasteiger partial charge in [-0.25, -0.2) is 9.97 Å². The number of halogens is 3. The molecule has 2 atom stereocenters. The van der Waals surface area contributed by atoms with Gasteiger partial charge in [-0.3, -0.25) is 4.79 Å². The topological polar surface area (TPSA) is 98.1 Å². The molecule has 3 aromatic rings. The fraction of sp³-hybridized carbons (Fsp3) is 0.409. The Bertz CT molecular complexity index is 1120. The quantitative estimate of drug-likeness (QED) is 0.583. The minimum Gasteiger partial charge on any atom is -0.497 e. The molecule has 0 spiro atoms. The van der Waals surface area contributed by atoms with Crippen LogP contribution in [0.2, 0.25) is 0 Å². The molecule has 0 saturated carbocycles. The summed E-state index contributed by atoms with van der Waals surface area (Å²) in [6, 6.07) is 4.87. The van der Waals surface area contributed by atoms with Gasteiger partial charge in [0.2, 0.25) is 5.95 Å². The number of alkyl halides is 3. The van der Waals surface area contributed by atoms with E-state index in [1.54, 1.807) is 23.1 Å². The molecule has 1 saturated heterocycles. The smallest absolute Gasteiger partial charge is 0.419 e. The fourth-order valence-electron chi connectivity index (χ4n) is 4.05. The Labute approximate surface area is 194 Å². The van der Waals surface area contributed by atoms with Crippen molar-refractivity contribution in [1.29, 1.82) is 0 Å². The number of amides is 1. The van der Waals surface area contributed by atoms with Crippen molar-refractivity contribution >= 4 is 11.9 Å². The molecule has 1 N–H and O–H groups in total. The van der Waals surface area contributed by atoms with E-state index in [1.807, 2.05) is 6.92 Å². The zero-order valence-corrected chi connectivity index (χ0v) is 18.7. The van der Waals surface area contributed by atoms with Crippen LogP contribution >= 0.6 is 0 Å². The third-order valence-electron chi connectivity index (χ3n) is 5.89. The summed E-state index contributed by atoms with van der Waals surface area (Å²) in [5, 5.41) is 11.3. The van der Waals surface area contributed by atoms with E-state index in [1.165, 1.54) is 24.3 Å². The van der Waals surface area contributed by atoms with Gasteiger partial charge in [0.15, 0.2) is 0 Å². The minimum absolute atomic E-state index is 0.0732. The molecule has 34 heavy (non-hydrogen) atoms. The SMILES string of the molecule is COc1ccc(C(=O)N2CCCC(C)C2CNc2ncc(C(F)(F)F)cn2)c(-n2nccn2)c1. The third kappa shape index (κ3) is 4.95. The lowest BCUT2D eigenvalue weighted by atomic mass is 9.90.